The molecule has 5 heteroatoms. The molecule has 1 aromatic rings. The van der Waals surface area contributed by atoms with E-state index in [1.165, 1.54) is 4.88 Å². The Labute approximate surface area is 137 Å². The molecule has 1 atom stereocenters. The van der Waals surface area contributed by atoms with Gasteiger partial charge in [0.1, 0.15) is 5.60 Å². The summed E-state index contributed by atoms with van der Waals surface area (Å²) in [5.74, 6) is 5.89. The van der Waals surface area contributed by atoms with Crippen molar-refractivity contribution in [2.75, 3.05) is 33.3 Å². The van der Waals surface area contributed by atoms with Crippen molar-refractivity contribution in [1.82, 2.24) is 9.80 Å². The Morgan fingerprint density at radius 1 is 1.36 bits per heavy atom. The predicted molar refractivity (Wildman–Crippen MR) is 90.9 cm³/mol. The Morgan fingerprint density at radius 2 is 2.14 bits per heavy atom. The van der Waals surface area contributed by atoms with E-state index < -0.39 is 5.60 Å². The minimum atomic E-state index is -0.945. The number of nitrogens with zero attached hydrogens (tertiary/aromatic N) is 2. The molecule has 0 spiro atoms. The van der Waals surface area contributed by atoms with E-state index in [1.54, 1.807) is 25.2 Å². The molecule has 2 rings (SSSR count). The highest BCUT2D eigenvalue weighted by Crippen LogP contribution is 2.20. The highest BCUT2D eigenvalue weighted by Gasteiger charge is 2.23. The smallest absolute Gasteiger partial charge is 0.120 e. The average Bonchev–Trinajstić information content (AvgIpc) is 2.87. The summed E-state index contributed by atoms with van der Waals surface area (Å²) in [6, 6.07) is 4.59. The molecular formula is C17H26N2O2S. The average molecular weight is 322 g/mol. The molecule has 4 nitrogen and oxygen atoms in total. The van der Waals surface area contributed by atoms with E-state index in [0.717, 1.165) is 37.5 Å². The molecule has 0 unspecified atom stereocenters. The van der Waals surface area contributed by atoms with E-state index in [2.05, 4.69) is 34.8 Å². The third-order valence-corrected chi connectivity index (χ3v) is 4.84. The van der Waals surface area contributed by atoms with E-state index in [0.29, 0.717) is 6.04 Å². The van der Waals surface area contributed by atoms with Crippen molar-refractivity contribution in [3.8, 4) is 11.8 Å². The lowest BCUT2D eigenvalue weighted by molar-refractivity contribution is 0.0749. The van der Waals surface area contributed by atoms with Crippen LogP contribution in [0.2, 0.25) is 0 Å². The van der Waals surface area contributed by atoms with E-state index in [4.69, 9.17) is 5.11 Å². The molecule has 0 aromatic carbocycles. The molecule has 122 valence electrons. The Kier molecular flexibility index (Phi) is 6.01. The maximum atomic E-state index is 9.65. The third-order valence-electron chi connectivity index (χ3n) is 3.86. The van der Waals surface area contributed by atoms with Gasteiger partial charge in [-0.05, 0) is 39.4 Å². The lowest BCUT2D eigenvalue weighted by Crippen LogP contribution is -2.51. The second kappa shape index (κ2) is 7.58. The predicted octanol–water partition coefficient (Wildman–Crippen LogP) is 1.37. The molecule has 2 heterocycles. The Balaban J connectivity index is 1.94. The van der Waals surface area contributed by atoms with Crippen LogP contribution >= 0.6 is 11.3 Å². The molecular weight excluding hydrogens is 296 g/mol. The fourth-order valence-corrected chi connectivity index (χ4v) is 3.48. The molecule has 1 aromatic heterocycles. The Bertz CT molecular complexity index is 539. The van der Waals surface area contributed by atoms with Crippen LogP contribution in [0.25, 0.3) is 0 Å². The summed E-state index contributed by atoms with van der Waals surface area (Å²) in [5.41, 5.74) is -0.945. The molecule has 0 radical (unpaired) electrons. The first-order valence-electron chi connectivity index (χ1n) is 7.75. The molecule has 0 bridgehead atoms. The highest BCUT2D eigenvalue weighted by atomic mass is 32.1. The first-order valence-corrected chi connectivity index (χ1v) is 8.57. The molecule has 1 fully saturated rings. The molecule has 1 saturated heterocycles. The first-order chi connectivity index (χ1) is 10.4. The number of rotatable bonds is 4. The molecule has 1 aliphatic heterocycles. The minimum absolute atomic E-state index is 0.249. The van der Waals surface area contributed by atoms with Crippen LogP contribution in [-0.4, -0.2) is 64.9 Å². The number of aliphatic hydroxyl groups excluding tert-OH is 1. The van der Waals surface area contributed by atoms with Crippen molar-refractivity contribution < 1.29 is 10.2 Å². The van der Waals surface area contributed by atoms with Gasteiger partial charge in [0.2, 0.25) is 0 Å². The van der Waals surface area contributed by atoms with Crippen molar-refractivity contribution in [3.05, 3.63) is 21.9 Å². The van der Waals surface area contributed by atoms with Crippen LogP contribution in [0.15, 0.2) is 12.1 Å². The summed E-state index contributed by atoms with van der Waals surface area (Å²) in [6.45, 7) is 7.67. The van der Waals surface area contributed by atoms with Gasteiger partial charge in [0.25, 0.3) is 0 Å². The first kappa shape index (κ1) is 17.5. The zero-order chi connectivity index (χ0) is 16.2. The molecule has 2 N–H and O–H groups in total. The zero-order valence-electron chi connectivity index (χ0n) is 13.7. The number of likely N-dealkylation sites (N-methyl/N-ethyl adjacent to an activating group) is 1. The minimum Gasteiger partial charge on any atom is -0.396 e. The standard InChI is InChI=1S/C17H26N2O2S/c1-17(2,21)8-6-15-4-5-16(22-15)13-19-10-9-18(3)14(12-19)7-11-20/h4-5,14,20-21H,7,9-13H2,1-3H3/t14-/m0/s1. The fraction of sp³-hybridized carbons (Fsp3) is 0.647. The van der Waals surface area contributed by atoms with Gasteiger partial charge in [0.15, 0.2) is 0 Å². The number of hydrogen-bond donors (Lipinski definition) is 2. The number of piperazine rings is 1. The van der Waals surface area contributed by atoms with Crippen LogP contribution in [-0.2, 0) is 6.54 Å². The van der Waals surface area contributed by atoms with Gasteiger partial charge in [0.05, 0.1) is 4.88 Å². The summed E-state index contributed by atoms with van der Waals surface area (Å²) in [5, 5.41) is 18.8. The Morgan fingerprint density at radius 3 is 2.82 bits per heavy atom. The van der Waals surface area contributed by atoms with Crippen molar-refractivity contribution in [2.24, 2.45) is 0 Å². The Hall–Kier alpha value is -0.900. The van der Waals surface area contributed by atoms with Gasteiger partial charge in [0, 0.05) is 43.7 Å². The lowest BCUT2D eigenvalue weighted by Gasteiger charge is -2.39. The van der Waals surface area contributed by atoms with Gasteiger partial charge < -0.3 is 15.1 Å². The van der Waals surface area contributed by atoms with Crippen LogP contribution in [0.4, 0.5) is 0 Å². The normalized spacial score (nSPS) is 20.7. The zero-order valence-corrected chi connectivity index (χ0v) is 14.5. The maximum Gasteiger partial charge on any atom is 0.120 e. The highest BCUT2D eigenvalue weighted by molar-refractivity contribution is 7.12. The summed E-state index contributed by atoms with van der Waals surface area (Å²) in [7, 11) is 2.13. The topological polar surface area (TPSA) is 46.9 Å². The van der Waals surface area contributed by atoms with Gasteiger partial charge >= 0.3 is 0 Å². The number of aliphatic hydroxyl groups is 2. The van der Waals surface area contributed by atoms with Crippen molar-refractivity contribution in [1.29, 1.82) is 0 Å². The monoisotopic (exact) mass is 322 g/mol. The number of hydrogen-bond acceptors (Lipinski definition) is 5. The van der Waals surface area contributed by atoms with Gasteiger partial charge in [-0.3, -0.25) is 4.90 Å². The quantitative estimate of drug-likeness (QED) is 0.822. The van der Waals surface area contributed by atoms with Crippen molar-refractivity contribution >= 4 is 11.3 Å². The molecule has 0 saturated carbocycles. The van der Waals surface area contributed by atoms with E-state index in [9.17, 15) is 5.11 Å². The van der Waals surface area contributed by atoms with Crippen LogP contribution < -0.4 is 0 Å². The molecule has 1 aliphatic rings. The SMILES string of the molecule is CN1CCN(Cc2ccc(C#CC(C)(C)O)s2)C[C@@H]1CCO. The largest absolute Gasteiger partial charge is 0.396 e. The van der Waals surface area contributed by atoms with Crippen LogP contribution in [0, 0.1) is 11.8 Å². The van der Waals surface area contributed by atoms with Crippen molar-refractivity contribution in [2.45, 2.75) is 38.5 Å². The van der Waals surface area contributed by atoms with Crippen LogP contribution in [0.3, 0.4) is 0 Å². The second-order valence-corrected chi connectivity index (χ2v) is 7.63. The van der Waals surface area contributed by atoms with Gasteiger partial charge in [-0.2, -0.15) is 0 Å². The summed E-state index contributed by atoms with van der Waals surface area (Å²) in [6.07, 6.45) is 0.833. The van der Waals surface area contributed by atoms with E-state index >= 15 is 0 Å². The summed E-state index contributed by atoms with van der Waals surface area (Å²) < 4.78 is 0. The van der Waals surface area contributed by atoms with Crippen LogP contribution in [0.1, 0.15) is 30.0 Å². The van der Waals surface area contributed by atoms with Crippen molar-refractivity contribution in [3.63, 3.8) is 0 Å². The maximum absolute atomic E-state index is 9.65. The molecule has 22 heavy (non-hydrogen) atoms. The summed E-state index contributed by atoms with van der Waals surface area (Å²) >= 11 is 1.69. The summed E-state index contributed by atoms with van der Waals surface area (Å²) in [4.78, 5) is 7.08. The van der Waals surface area contributed by atoms with E-state index in [-0.39, 0.29) is 6.61 Å². The third kappa shape index (κ3) is 5.38. The van der Waals surface area contributed by atoms with Gasteiger partial charge in [-0.1, -0.05) is 11.8 Å². The molecule has 0 aliphatic carbocycles. The van der Waals surface area contributed by atoms with Gasteiger partial charge in [-0.25, -0.2) is 0 Å². The molecule has 0 amide bonds. The number of thiophene rings is 1. The second-order valence-electron chi connectivity index (χ2n) is 6.46. The fourth-order valence-electron chi connectivity index (χ4n) is 2.58. The van der Waals surface area contributed by atoms with Crippen LogP contribution in [0.5, 0.6) is 0 Å². The van der Waals surface area contributed by atoms with Gasteiger partial charge in [-0.15, -0.1) is 11.3 Å². The lowest BCUT2D eigenvalue weighted by atomic mass is 10.1. The van der Waals surface area contributed by atoms with E-state index in [1.807, 2.05) is 6.07 Å².